The molecule has 0 saturated carbocycles. The lowest BCUT2D eigenvalue weighted by Crippen LogP contribution is -2.64. The van der Waals surface area contributed by atoms with Crippen LogP contribution in [0.5, 0.6) is 0 Å². The number of carbonyl (C=O) groups is 7. The second-order valence-electron chi connectivity index (χ2n) is 13.3. The quantitative estimate of drug-likeness (QED) is 0.0478. The normalized spacial score (nSPS) is 28.1. The van der Waals surface area contributed by atoms with E-state index in [-0.39, 0.29) is 51.0 Å². The van der Waals surface area contributed by atoms with E-state index in [2.05, 4.69) is 36.9 Å². The van der Waals surface area contributed by atoms with Crippen molar-refractivity contribution in [3.8, 4) is 0 Å². The Balaban J connectivity index is 1.97. The van der Waals surface area contributed by atoms with Gasteiger partial charge in [0.05, 0.1) is 31.7 Å². The van der Waals surface area contributed by atoms with Crippen molar-refractivity contribution in [3.63, 3.8) is 0 Å². The number of hydrogen-bond donors (Lipinski definition) is 12. The van der Waals surface area contributed by atoms with Crippen LogP contribution in [0.25, 0.3) is 0 Å². The van der Waals surface area contributed by atoms with Gasteiger partial charge in [-0.3, -0.25) is 38.6 Å². The van der Waals surface area contributed by atoms with Crippen LogP contribution in [0, 0.1) is 0 Å². The number of carbonyl (C=O) groups excluding carboxylic acids is 6. The third-order valence-corrected chi connectivity index (χ3v) is 8.96. The van der Waals surface area contributed by atoms with Gasteiger partial charge in [0.25, 0.3) is 0 Å². The first kappa shape index (κ1) is 44.0. The second-order valence-corrected chi connectivity index (χ2v) is 13.3. The van der Waals surface area contributed by atoms with Crippen molar-refractivity contribution in [2.75, 3.05) is 19.7 Å². The van der Waals surface area contributed by atoms with E-state index in [1.807, 2.05) is 0 Å². The monoisotopic (exact) mass is 777 g/mol. The number of nitrogens with zero attached hydrogens (tertiary/aromatic N) is 1. The Kier molecular flexibility index (Phi) is 17.2. The van der Waals surface area contributed by atoms with Crippen LogP contribution in [0.4, 0.5) is 0 Å². The van der Waals surface area contributed by atoms with Crippen LogP contribution in [-0.4, -0.2) is 142 Å². The van der Waals surface area contributed by atoms with Crippen molar-refractivity contribution in [1.82, 2.24) is 31.9 Å². The smallest absolute Gasteiger partial charge is 0.305 e. The van der Waals surface area contributed by atoms with Crippen LogP contribution in [0.1, 0.15) is 51.0 Å². The Morgan fingerprint density at radius 2 is 1.42 bits per heavy atom. The molecule has 304 valence electrons. The van der Waals surface area contributed by atoms with Crippen molar-refractivity contribution >= 4 is 47.4 Å². The van der Waals surface area contributed by atoms with Crippen LogP contribution < -0.4 is 43.4 Å². The largest absolute Gasteiger partial charge is 0.481 e. The van der Waals surface area contributed by atoms with Gasteiger partial charge < -0.3 is 68.5 Å². The molecule has 6 amide bonds. The number of aliphatic hydroxyl groups is 3. The molecule has 2 aliphatic rings. The van der Waals surface area contributed by atoms with Crippen molar-refractivity contribution in [3.05, 3.63) is 35.9 Å². The number of aliphatic imine (C=N–C) groups is 1. The Bertz CT molecular complexity index is 1540. The van der Waals surface area contributed by atoms with E-state index < -0.39 is 116 Å². The Morgan fingerprint density at radius 1 is 0.818 bits per heavy atom. The standard InChI is InChI=1S/C34H51N9O12/c1-17(45)39-27-23(55-24(16-44)28(49)29(27)50)11-5-9-20-31(52)41-19(10-6-12-37-34(35)36)30(51)38-15-25(46)40-22(14-26(47)48)33(54)43-21(32(53)42-20)13-18-7-3-2-4-8-18/h2-4,7-8,19-24,27-29,44,49-50H,5-6,9-16H2,1H3,(H,38,51)(H,39,45)(H,40,46)(H,41,52)(H,42,53)(H,43,54)(H,47,48)(H4,35,36,37)/t19-,20-,21+,22-,23+,24-,27+,28-,29-/m0/s1. The molecule has 0 spiro atoms. The third-order valence-electron chi connectivity index (χ3n) is 8.96. The molecule has 14 N–H and O–H groups in total. The fourth-order valence-electron chi connectivity index (χ4n) is 6.21. The fraction of sp³-hybridized carbons (Fsp3) is 0.588. The van der Waals surface area contributed by atoms with Crippen LogP contribution >= 0.6 is 0 Å². The molecule has 0 aromatic heterocycles. The minimum Gasteiger partial charge on any atom is -0.481 e. The Morgan fingerprint density at radius 3 is 2.04 bits per heavy atom. The summed E-state index contributed by atoms with van der Waals surface area (Å²) in [7, 11) is 0. The summed E-state index contributed by atoms with van der Waals surface area (Å²) in [6, 6.07) is 1.72. The van der Waals surface area contributed by atoms with Gasteiger partial charge in [-0.05, 0) is 37.7 Å². The number of nitrogens with one attached hydrogen (secondary N) is 6. The summed E-state index contributed by atoms with van der Waals surface area (Å²) < 4.78 is 5.80. The third kappa shape index (κ3) is 14.1. The van der Waals surface area contributed by atoms with E-state index in [9.17, 15) is 54.0 Å². The molecule has 9 atom stereocenters. The molecular formula is C34H51N9O12. The number of aliphatic hydroxyl groups excluding tert-OH is 3. The molecule has 2 heterocycles. The molecule has 55 heavy (non-hydrogen) atoms. The minimum atomic E-state index is -1.65. The van der Waals surface area contributed by atoms with Gasteiger partial charge in [0.2, 0.25) is 35.4 Å². The maximum Gasteiger partial charge on any atom is 0.305 e. The zero-order valence-electron chi connectivity index (χ0n) is 30.3. The van der Waals surface area contributed by atoms with Gasteiger partial charge in [0, 0.05) is 19.9 Å². The summed E-state index contributed by atoms with van der Waals surface area (Å²) in [6.45, 7) is -0.0444. The summed E-state index contributed by atoms with van der Waals surface area (Å²) in [5, 5.41) is 55.2. The maximum atomic E-state index is 14.0. The van der Waals surface area contributed by atoms with Gasteiger partial charge in [-0.1, -0.05) is 30.3 Å². The van der Waals surface area contributed by atoms with Gasteiger partial charge in [-0.15, -0.1) is 0 Å². The van der Waals surface area contributed by atoms with Crippen LogP contribution in [-0.2, 0) is 44.7 Å². The van der Waals surface area contributed by atoms with E-state index in [4.69, 9.17) is 16.2 Å². The lowest BCUT2D eigenvalue weighted by Gasteiger charge is -2.42. The molecule has 2 saturated heterocycles. The number of hydrogen-bond acceptors (Lipinski definition) is 12. The lowest BCUT2D eigenvalue weighted by molar-refractivity contribution is -0.196. The van der Waals surface area contributed by atoms with Gasteiger partial charge in [0.15, 0.2) is 5.96 Å². The number of ether oxygens (including phenoxy) is 1. The highest BCUT2D eigenvalue weighted by molar-refractivity contribution is 5.98. The first-order chi connectivity index (χ1) is 26.1. The minimum absolute atomic E-state index is 0.0218. The molecule has 2 aliphatic heterocycles. The highest BCUT2D eigenvalue weighted by atomic mass is 16.5. The summed E-state index contributed by atoms with van der Waals surface area (Å²) in [6.07, 6.45) is -5.94. The highest BCUT2D eigenvalue weighted by Crippen LogP contribution is 2.25. The summed E-state index contributed by atoms with van der Waals surface area (Å²) in [5.41, 5.74) is 11.4. The molecular weight excluding hydrogens is 726 g/mol. The summed E-state index contributed by atoms with van der Waals surface area (Å²) in [4.78, 5) is 94.9. The van der Waals surface area contributed by atoms with Gasteiger partial charge in [0.1, 0.15) is 42.5 Å². The average Bonchev–Trinajstić information content (AvgIpc) is 3.13. The molecule has 0 aliphatic carbocycles. The lowest BCUT2D eigenvalue weighted by atomic mass is 9.89. The predicted molar refractivity (Wildman–Crippen MR) is 192 cm³/mol. The van der Waals surface area contributed by atoms with Crippen molar-refractivity contribution in [2.24, 2.45) is 16.5 Å². The average molecular weight is 778 g/mol. The number of aliphatic carboxylic acids is 1. The number of carboxylic acid groups (broad SMARTS) is 1. The number of amides is 6. The van der Waals surface area contributed by atoms with E-state index in [0.29, 0.717) is 5.56 Å². The highest BCUT2D eigenvalue weighted by Gasteiger charge is 2.44. The van der Waals surface area contributed by atoms with Crippen molar-refractivity contribution < 1.29 is 58.7 Å². The first-order valence-electron chi connectivity index (χ1n) is 17.8. The number of guanidine groups is 1. The number of carboxylic acids is 1. The molecule has 0 radical (unpaired) electrons. The van der Waals surface area contributed by atoms with Crippen LogP contribution in [0.15, 0.2) is 35.3 Å². The van der Waals surface area contributed by atoms with E-state index in [1.165, 1.54) is 6.92 Å². The fourth-order valence-corrected chi connectivity index (χ4v) is 6.21. The number of nitrogens with two attached hydrogens (primary N) is 2. The first-order valence-corrected chi connectivity index (χ1v) is 17.8. The molecule has 2 fully saturated rings. The Labute approximate surface area is 316 Å². The zero-order chi connectivity index (χ0) is 40.7. The van der Waals surface area contributed by atoms with E-state index in [0.717, 1.165) is 0 Å². The number of benzene rings is 1. The summed E-state index contributed by atoms with van der Waals surface area (Å²) >= 11 is 0. The predicted octanol–water partition coefficient (Wildman–Crippen LogP) is -5.02. The van der Waals surface area contributed by atoms with Crippen LogP contribution in [0.2, 0.25) is 0 Å². The van der Waals surface area contributed by atoms with Gasteiger partial charge in [-0.2, -0.15) is 0 Å². The topological polar surface area (TPSA) is 346 Å². The zero-order valence-corrected chi connectivity index (χ0v) is 30.3. The van der Waals surface area contributed by atoms with Gasteiger partial charge in [-0.25, -0.2) is 0 Å². The van der Waals surface area contributed by atoms with E-state index >= 15 is 0 Å². The molecule has 0 bridgehead atoms. The van der Waals surface area contributed by atoms with Crippen molar-refractivity contribution in [2.45, 2.75) is 106 Å². The summed E-state index contributed by atoms with van der Waals surface area (Å²) in [5.74, 6) is -6.58. The second kappa shape index (κ2) is 21.5. The van der Waals surface area contributed by atoms with Crippen molar-refractivity contribution in [1.29, 1.82) is 0 Å². The molecule has 21 heteroatoms. The molecule has 21 nitrogen and oxygen atoms in total. The molecule has 0 unspecified atom stereocenters. The molecule has 1 aromatic carbocycles. The number of rotatable bonds is 14. The van der Waals surface area contributed by atoms with E-state index in [1.54, 1.807) is 30.3 Å². The SMILES string of the molecule is CC(=O)N[C@H]1[C@H](O)[C@@H](O)[C@H](CO)O[C@@H]1CCC[C@@H]1NC(=O)[C@@H](Cc2ccccc2)NC(=O)[C@H](CC(=O)O)NC(=O)CNC(=O)[C@H](CCCN=C(N)N)NC1=O. The molecule has 1 aromatic rings. The van der Waals surface area contributed by atoms with Gasteiger partial charge >= 0.3 is 5.97 Å². The maximum absolute atomic E-state index is 14.0. The molecule has 3 rings (SSSR count). The van der Waals surface area contributed by atoms with Crippen LogP contribution in [0.3, 0.4) is 0 Å². The Hall–Kier alpha value is -5.38.